The van der Waals surface area contributed by atoms with E-state index in [9.17, 15) is 20.0 Å². The number of aliphatic hydroxyl groups is 1. The molecule has 0 saturated carbocycles. The third-order valence-corrected chi connectivity index (χ3v) is 4.23. The van der Waals surface area contributed by atoms with E-state index in [-0.39, 0.29) is 18.1 Å². The molecule has 1 atom stereocenters. The predicted octanol–water partition coefficient (Wildman–Crippen LogP) is 1.18. The largest absolute Gasteiger partial charge is 0.387 e. The van der Waals surface area contributed by atoms with Crippen molar-refractivity contribution in [1.29, 1.82) is 0 Å². The Morgan fingerprint density at radius 3 is 2.73 bits per heavy atom. The van der Waals surface area contributed by atoms with E-state index in [0.717, 1.165) is 0 Å². The first-order valence-electron chi connectivity index (χ1n) is 7.16. The van der Waals surface area contributed by atoms with Gasteiger partial charge in [0.05, 0.1) is 16.6 Å². The molecule has 0 aromatic heterocycles. The maximum absolute atomic E-state index is 12.2. The van der Waals surface area contributed by atoms with Gasteiger partial charge in [0.1, 0.15) is 0 Å². The fourth-order valence-electron chi connectivity index (χ4n) is 2.73. The predicted molar refractivity (Wildman–Crippen MR) is 81.3 cm³/mol. The Hall–Kier alpha value is -1.99. The molecule has 0 radical (unpaired) electrons. The monoisotopic (exact) mass is 307 g/mol. The molecule has 0 spiro atoms. The van der Waals surface area contributed by atoms with Crippen LogP contribution < -0.4 is 0 Å². The van der Waals surface area contributed by atoms with Crippen molar-refractivity contribution in [3.63, 3.8) is 0 Å². The molecule has 0 aliphatic carbocycles. The fraction of sp³-hybridized carbons (Fsp3) is 0.533. The van der Waals surface area contributed by atoms with Gasteiger partial charge < -0.3 is 10.0 Å². The van der Waals surface area contributed by atoms with Gasteiger partial charge in [0.15, 0.2) is 0 Å². The Bertz CT molecular complexity index is 588. The fourth-order valence-corrected chi connectivity index (χ4v) is 2.73. The van der Waals surface area contributed by atoms with Crippen molar-refractivity contribution >= 4 is 11.6 Å². The number of nitrogens with zero attached hydrogens (tertiary/aromatic N) is 3. The summed E-state index contributed by atoms with van der Waals surface area (Å²) in [5, 5.41) is 21.2. The summed E-state index contributed by atoms with van der Waals surface area (Å²) in [5.41, 5.74) is -0.268. The summed E-state index contributed by atoms with van der Waals surface area (Å²) in [5.74, 6) is 0.00462. The normalized spacial score (nSPS) is 20.0. The Kier molecular flexibility index (Phi) is 4.48. The van der Waals surface area contributed by atoms with Crippen LogP contribution in [0.25, 0.3) is 0 Å². The van der Waals surface area contributed by atoms with Crippen molar-refractivity contribution in [2.75, 3.05) is 26.7 Å². The number of non-ortho nitro benzene ring substituents is 1. The smallest absolute Gasteiger partial charge is 0.269 e. The summed E-state index contributed by atoms with van der Waals surface area (Å²) in [7, 11) is 1.76. The van der Waals surface area contributed by atoms with Crippen LogP contribution in [-0.4, -0.2) is 58.0 Å². The van der Waals surface area contributed by atoms with Crippen LogP contribution in [0.3, 0.4) is 0 Å². The minimum Gasteiger partial charge on any atom is -0.387 e. The van der Waals surface area contributed by atoms with Crippen LogP contribution >= 0.6 is 0 Å². The number of hydrogen-bond donors (Lipinski definition) is 1. The number of carbonyl (C=O) groups is 1. The van der Waals surface area contributed by atoms with Gasteiger partial charge in [-0.3, -0.25) is 19.8 Å². The zero-order valence-corrected chi connectivity index (χ0v) is 13.0. The first kappa shape index (κ1) is 16.4. The zero-order valence-electron chi connectivity index (χ0n) is 13.0. The number of nitro groups is 1. The van der Waals surface area contributed by atoms with Crippen molar-refractivity contribution < 1.29 is 14.8 Å². The Balaban J connectivity index is 2.15. The first-order valence-corrected chi connectivity index (χ1v) is 7.16. The molecule has 1 amide bonds. The van der Waals surface area contributed by atoms with Gasteiger partial charge in [-0.1, -0.05) is 12.1 Å². The lowest BCUT2D eigenvalue weighted by Crippen LogP contribution is -2.62. The molecule has 1 N–H and O–H groups in total. The molecule has 1 saturated heterocycles. The van der Waals surface area contributed by atoms with Crippen LogP contribution in [0.5, 0.6) is 0 Å². The van der Waals surface area contributed by atoms with Crippen molar-refractivity contribution in [1.82, 2.24) is 9.80 Å². The van der Waals surface area contributed by atoms with Gasteiger partial charge in [-0.2, -0.15) is 0 Å². The molecule has 22 heavy (non-hydrogen) atoms. The molecule has 7 nitrogen and oxygen atoms in total. The van der Waals surface area contributed by atoms with Gasteiger partial charge in [0.2, 0.25) is 5.91 Å². The SMILES string of the molecule is CN1CCN(CC(O)c2cccc([N+](=O)[O-])c2)C(C)(C)C1=O. The van der Waals surface area contributed by atoms with Crippen LogP contribution in [0.15, 0.2) is 24.3 Å². The van der Waals surface area contributed by atoms with E-state index in [1.165, 1.54) is 12.1 Å². The van der Waals surface area contributed by atoms with Crippen LogP contribution in [-0.2, 0) is 4.79 Å². The number of benzene rings is 1. The maximum Gasteiger partial charge on any atom is 0.269 e. The van der Waals surface area contributed by atoms with E-state index in [0.29, 0.717) is 18.7 Å². The molecule has 0 bridgehead atoms. The molecule has 1 aromatic carbocycles. The number of likely N-dealkylation sites (N-methyl/N-ethyl adjacent to an activating group) is 1. The lowest BCUT2D eigenvalue weighted by molar-refractivity contribution is -0.385. The van der Waals surface area contributed by atoms with Crippen LogP contribution in [0.2, 0.25) is 0 Å². The van der Waals surface area contributed by atoms with Gasteiger partial charge >= 0.3 is 0 Å². The van der Waals surface area contributed by atoms with E-state index in [4.69, 9.17) is 0 Å². The van der Waals surface area contributed by atoms with Gasteiger partial charge in [-0.15, -0.1) is 0 Å². The summed E-state index contributed by atoms with van der Waals surface area (Å²) in [6, 6.07) is 5.97. The average Bonchev–Trinajstić information content (AvgIpc) is 2.48. The number of aliphatic hydroxyl groups excluding tert-OH is 1. The van der Waals surface area contributed by atoms with E-state index >= 15 is 0 Å². The Morgan fingerprint density at radius 2 is 2.09 bits per heavy atom. The summed E-state index contributed by atoms with van der Waals surface area (Å²) in [6.45, 7) is 5.16. The minimum absolute atomic E-state index is 0.00462. The van der Waals surface area contributed by atoms with E-state index < -0.39 is 16.6 Å². The van der Waals surface area contributed by atoms with Gasteiger partial charge in [0, 0.05) is 38.8 Å². The third-order valence-electron chi connectivity index (χ3n) is 4.23. The average molecular weight is 307 g/mol. The zero-order chi connectivity index (χ0) is 16.5. The number of β-amino-alcohol motifs (C(OH)–C–C–N with tert-alkyl or cyclic N) is 1. The van der Waals surface area contributed by atoms with Gasteiger partial charge in [0.25, 0.3) is 5.69 Å². The Labute approximate surface area is 129 Å². The summed E-state index contributed by atoms with van der Waals surface area (Å²) in [4.78, 5) is 26.1. The van der Waals surface area contributed by atoms with Gasteiger partial charge in [-0.05, 0) is 19.4 Å². The highest BCUT2D eigenvalue weighted by Gasteiger charge is 2.41. The summed E-state index contributed by atoms with van der Waals surface area (Å²) in [6.07, 6.45) is -0.879. The quantitative estimate of drug-likeness (QED) is 0.667. The van der Waals surface area contributed by atoms with Crippen molar-refractivity contribution in [2.24, 2.45) is 0 Å². The Morgan fingerprint density at radius 1 is 1.41 bits per heavy atom. The number of nitro benzene ring substituents is 1. The second-order valence-electron chi connectivity index (χ2n) is 6.10. The number of hydrogen-bond acceptors (Lipinski definition) is 5. The van der Waals surface area contributed by atoms with Crippen LogP contribution in [0, 0.1) is 10.1 Å². The van der Waals surface area contributed by atoms with Crippen LogP contribution in [0.1, 0.15) is 25.5 Å². The molecule has 120 valence electrons. The number of rotatable bonds is 4. The highest BCUT2D eigenvalue weighted by molar-refractivity contribution is 5.86. The number of carbonyl (C=O) groups excluding carboxylic acids is 1. The lowest BCUT2D eigenvalue weighted by Gasteiger charge is -2.45. The molecule has 1 aromatic rings. The second kappa shape index (κ2) is 6.02. The minimum atomic E-state index is -0.879. The number of amides is 1. The van der Waals surface area contributed by atoms with Gasteiger partial charge in [-0.25, -0.2) is 0 Å². The van der Waals surface area contributed by atoms with E-state index in [1.54, 1.807) is 24.1 Å². The topological polar surface area (TPSA) is 86.9 Å². The second-order valence-corrected chi connectivity index (χ2v) is 6.10. The molecular weight excluding hydrogens is 286 g/mol. The molecule has 7 heteroatoms. The third kappa shape index (κ3) is 3.10. The molecule has 1 aliphatic heterocycles. The molecule has 1 heterocycles. The standard InChI is InChI=1S/C15H21N3O4/c1-15(2)14(20)16(3)7-8-17(15)10-13(19)11-5-4-6-12(9-11)18(21)22/h4-6,9,13,19H,7-8,10H2,1-3H3. The summed E-state index contributed by atoms with van der Waals surface area (Å²) < 4.78 is 0. The first-order chi connectivity index (χ1) is 10.2. The molecule has 1 aliphatic rings. The maximum atomic E-state index is 12.2. The van der Waals surface area contributed by atoms with Crippen molar-refractivity contribution in [3.8, 4) is 0 Å². The molecular formula is C15H21N3O4. The highest BCUT2D eigenvalue weighted by atomic mass is 16.6. The van der Waals surface area contributed by atoms with E-state index in [2.05, 4.69) is 0 Å². The van der Waals surface area contributed by atoms with E-state index in [1.807, 2.05) is 18.7 Å². The highest BCUT2D eigenvalue weighted by Crippen LogP contribution is 2.26. The lowest BCUT2D eigenvalue weighted by atomic mass is 9.96. The van der Waals surface area contributed by atoms with Crippen molar-refractivity contribution in [3.05, 3.63) is 39.9 Å². The van der Waals surface area contributed by atoms with Crippen molar-refractivity contribution in [2.45, 2.75) is 25.5 Å². The molecule has 1 fully saturated rings. The summed E-state index contributed by atoms with van der Waals surface area (Å²) >= 11 is 0. The number of piperazine rings is 1. The molecule has 2 rings (SSSR count). The molecule has 1 unspecified atom stereocenters. The van der Waals surface area contributed by atoms with Crippen LogP contribution in [0.4, 0.5) is 5.69 Å².